The van der Waals surface area contributed by atoms with E-state index in [9.17, 15) is 5.11 Å². The Morgan fingerprint density at radius 1 is 1.44 bits per heavy atom. The molecule has 0 spiro atoms. The van der Waals surface area contributed by atoms with Gasteiger partial charge < -0.3 is 20.1 Å². The Morgan fingerprint density at radius 2 is 2.19 bits per heavy atom. The molecule has 0 radical (unpaired) electrons. The van der Waals surface area contributed by atoms with Gasteiger partial charge in [-0.2, -0.15) is 0 Å². The van der Waals surface area contributed by atoms with Gasteiger partial charge in [0.05, 0.1) is 11.9 Å². The molecule has 84 valence electrons. The molecule has 2 rings (SSSR count). The number of aromatic nitrogens is 2. The van der Waals surface area contributed by atoms with Crippen molar-refractivity contribution in [1.82, 2.24) is 9.55 Å². The summed E-state index contributed by atoms with van der Waals surface area (Å²) < 4.78 is 7.19. The summed E-state index contributed by atoms with van der Waals surface area (Å²) in [6, 6.07) is 6.82. The number of para-hydroxylation sites is 2. The topological polar surface area (TPSA) is 73.3 Å². The van der Waals surface area contributed by atoms with Crippen molar-refractivity contribution in [2.45, 2.75) is 6.61 Å². The molecule has 1 heterocycles. The van der Waals surface area contributed by atoms with E-state index in [1.54, 1.807) is 35.0 Å². The van der Waals surface area contributed by atoms with Crippen LogP contribution in [-0.2, 0) is 13.7 Å². The van der Waals surface area contributed by atoms with E-state index in [1.807, 2.05) is 7.05 Å². The molecule has 0 fully saturated rings. The molecule has 1 aromatic heterocycles. The highest BCUT2D eigenvalue weighted by Crippen LogP contribution is 2.25. The Hall–Kier alpha value is -2.17. The van der Waals surface area contributed by atoms with Crippen molar-refractivity contribution in [2.75, 3.05) is 5.73 Å². The summed E-state index contributed by atoms with van der Waals surface area (Å²) in [6.07, 6.45) is 1.65. The van der Waals surface area contributed by atoms with Gasteiger partial charge in [0.25, 0.3) is 0 Å². The minimum atomic E-state index is 0.123. The molecule has 0 bridgehead atoms. The van der Waals surface area contributed by atoms with Crippen LogP contribution in [-0.4, -0.2) is 14.7 Å². The number of phenols is 1. The van der Waals surface area contributed by atoms with Crippen LogP contribution in [0, 0.1) is 0 Å². The Morgan fingerprint density at radius 3 is 2.81 bits per heavy atom. The number of imidazole rings is 1. The Kier molecular flexibility index (Phi) is 2.68. The number of benzene rings is 1. The summed E-state index contributed by atoms with van der Waals surface area (Å²) in [5.41, 5.74) is 6.43. The first-order valence-corrected chi connectivity index (χ1v) is 4.85. The zero-order chi connectivity index (χ0) is 11.5. The molecule has 1 aromatic carbocycles. The summed E-state index contributed by atoms with van der Waals surface area (Å²) in [5, 5.41) is 9.49. The molecule has 0 amide bonds. The van der Waals surface area contributed by atoms with E-state index < -0.39 is 0 Å². The summed E-state index contributed by atoms with van der Waals surface area (Å²) >= 11 is 0. The minimum absolute atomic E-state index is 0.123. The van der Waals surface area contributed by atoms with Gasteiger partial charge in [0.2, 0.25) is 0 Å². The van der Waals surface area contributed by atoms with Crippen molar-refractivity contribution in [2.24, 2.45) is 7.05 Å². The first-order valence-electron chi connectivity index (χ1n) is 4.85. The highest BCUT2D eigenvalue weighted by Gasteiger charge is 2.05. The Labute approximate surface area is 93.1 Å². The van der Waals surface area contributed by atoms with Crippen LogP contribution < -0.4 is 10.5 Å². The first kappa shape index (κ1) is 10.4. The summed E-state index contributed by atoms with van der Waals surface area (Å²) in [5.74, 6) is 1.01. The minimum Gasteiger partial charge on any atom is -0.504 e. The average Bonchev–Trinajstić information content (AvgIpc) is 2.59. The van der Waals surface area contributed by atoms with Crippen LogP contribution in [0.4, 0.5) is 5.95 Å². The first-order chi connectivity index (χ1) is 7.68. The van der Waals surface area contributed by atoms with Gasteiger partial charge in [0, 0.05) is 7.05 Å². The molecule has 5 nitrogen and oxygen atoms in total. The summed E-state index contributed by atoms with van der Waals surface area (Å²) in [4.78, 5) is 3.95. The maximum Gasteiger partial charge on any atom is 0.200 e. The van der Waals surface area contributed by atoms with E-state index in [2.05, 4.69) is 4.98 Å². The lowest BCUT2D eigenvalue weighted by Gasteiger charge is -2.08. The molecular formula is C11H13N3O2. The fourth-order valence-electron chi connectivity index (χ4n) is 1.33. The number of aromatic hydroxyl groups is 1. The largest absolute Gasteiger partial charge is 0.504 e. The third-order valence-electron chi connectivity index (χ3n) is 2.36. The van der Waals surface area contributed by atoms with Gasteiger partial charge >= 0.3 is 0 Å². The molecule has 0 aliphatic rings. The molecule has 0 aliphatic heterocycles. The lowest BCUT2D eigenvalue weighted by molar-refractivity contribution is 0.281. The van der Waals surface area contributed by atoms with Crippen LogP contribution in [0.25, 0.3) is 0 Å². The maximum atomic E-state index is 9.49. The van der Waals surface area contributed by atoms with E-state index in [4.69, 9.17) is 10.5 Å². The van der Waals surface area contributed by atoms with Gasteiger partial charge in [0.1, 0.15) is 6.61 Å². The van der Waals surface area contributed by atoms with E-state index >= 15 is 0 Å². The molecule has 0 atom stereocenters. The third kappa shape index (κ3) is 1.93. The Balaban J connectivity index is 2.08. The van der Waals surface area contributed by atoms with Crippen molar-refractivity contribution < 1.29 is 9.84 Å². The fraction of sp³-hybridized carbons (Fsp3) is 0.182. The standard InChI is InChI=1S/C11H13N3O2/c1-14-8(6-13-11(14)12)7-16-10-5-3-2-4-9(10)15/h2-6,15H,7H2,1H3,(H2,12,13). The van der Waals surface area contributed by atoms with Crippen molar-refractivity contribution >= 4 is 5.95 Å². The molecule has 0 unspecified atom stereocenters. The fourth-order valence-corrected chi connectivity index (χ4v) is 1.33. The van der Waals surface area contributed by atoms with E-state index in [0.29, 0.717) is 18.3 Å². The van der Waals surface area contributed by atoms with Crippen LogP contribution in [0.15, 0.2) is 30.5 Å². The van der Waals surface area contributed by atoms with Crippen LogP contribution >= 0.6 is 0 Å². The molecule has 0 saturated carbocycles. The SMILES string of the molecule is Cn1c(COc2ccccc2O)cnc1N. The highest BCUT2D eigenvalue weighted by atomic mass is 16.5. The van der Waals surface area contributed by atoms with Gasteiger partial charge in [-0.05, 0) is 12.1 Å². The van der Waals surface area contributed by atoms with E-state index in [-0.39, 0.29) is 5.75 Å². The number of nitrogens with zero attached hydrogens (tertiary/aromatic N) is 2. The lowest BCUT2D eigenvalue weighted by Crippen LogP contribution is -2.04. The number of hydrogen-bond donors (Lipinski definition) is 2. The van der Waals surface area contributed by atoms with Crippen molar-refractivity contribution in [1.29, 1.82) is 0 Å². The van der Waals surface area contributed by atoms with Crippen molar-refractivity contribution in [3.05, 3.63) is 36.2 Å². The molecule has 0 aliphatic carbocycles. The number of nitrogen functional groups attached to an aromatic ring is 1. The van der Waals surface area contributed by atoms with Crippen LogP contribution in [0.1, 0.15) is 5.69 Å². The smallest absolute Gasteiger partial charge is 0.200 e. The second-order valence-electron chi connectivity index (χ2n) is 3.42. The van der Waals surface area contributed by atoms with Crippen LogP contribution in [0.2, 0.25) is 0 Å². The average molecular weight is 219 g/mol. The highest BCUT2D eigenvalue weighted by molar-refractivity contribution is 5.38. The number of hydrogen-bond acceptors (Lipinski definition) is 4. The van der Waals surface area contributed by atoms with Crippen LogP contribution in [0.5, 0.6) is 11.5 Å². The Bertz CT molecular complexity index is 494. The van der Waals surface area contributed by atoms with Gasteiger partial charge in [-0.15, -0.1) is 0 Å². The quantitative estimate of drug-likeness (QED) is 0.815. The predicted molar refractivity (Wildman–Crippen MR) is 60.1 cm³/mol. The van der Waals surface area contributed by atoms with Gasteiger partial charge in [-0.3, -0.25) is 0 Å². The van der Waals surface area contributed by atoms with Crippen LogP contribution in [0.3, 0.4) is 0 Å². The molecule has 3 N–H and O–H groups in total. The summed E-state index contributed by atoms with van der Waals surface area (Å²) in [7, 11) is 1.81. The second kappa shape index (κ2) is 4.14. The number of anilines is 1. The number of ether oxygens (including phenoxy) is 1. The van der Waals surface area contributed by atoms with Crippen molar-refractivity contribution in [3.63, 3.8) is 0 Å². The monoisotopic (exact) mass is 219 g/mol. The molecule has 0 saturated heterocycles. The van der Waals surface area contributed by atoms with Gasteiger partial charge in [0.15, 0.2) is 17.4 Å². The predicted octanol–water partition coefficient (Wildman–Crippen LogP) is 1.29. The molecular weight excluding hydrogens is 206 g/mol. The van der Waals surface area contributed by atoms with Gasteiger partial charge in [-0.1, -0.05) is 12.1 Å². The molecule has 2 aromatic rings. The third-order valence-corrected chi connectivity index (χ3v) is 2.36. The maximum absolute atomic E-state index is 9.49. The lowest BCUT2D eigenvalue weighted by atomic mass is 10.3. The van der Waals surface area contributed by atoms with E-state index in [1.165, 1.54) is 0 Å². The summed E-state index contributed by atoms with van der Waals surface area (Å²) in [6.45, 7) is 0.318. The normalized spacial score (nSPS) is 10.3. The van der Waals surface area contributed by atoms with Crippen molar-refractivity contribution in [3.8, 4) is 11.5 Å². The van der Waals surface area contributed by atoms with Gasteiger partial charge in [-0.25, -0.2) is 4.98 Å². The zero-order valence-electron chi connectivity index (χ0n) is 8.92. The zero-order valence-corrected chi connectivity index (χ0v) is 8.92. The number of nitrogens with two attached hydrogens (primary N) is 1. The molecule has 16 heavy (non-hydrogen) atoms. The second-order valence-corrected chi connectivity index (χ2v) is 3.42. The van der Waals surface area contributed by atoms with E-state index in [0.717, 1.165) is 5.69 Å². The number of rotatable bonds is 3. The molecule has 5 heteroatoms. The number of phenolic OH excluding ortho intramolecular Hbond substituents is 1.